The van der Waals surface area contributed by atoms with Crippen molar-refractivity contribution in [2.45, 2.75) is 0 Å². The number of para-hydroxylation sites is 1. The van der Waals surface area contributed by atoms with Crippen LogP contribution in [-0.2, 0) is 0 Å². The first kappa shape index (κ1) is 13.2. The number of hydrogen-bond acceptors (Lipinski definition) is 4. The fourth-order valence-electron chi connectivity index (χ4n) is 1.85. The number of rotatable bonds is 3. The summed E-state index contributed by atoms with van der Waals surface area (Å²) in [7, 11) is 0. The fourth-order valence-corrected chi connectivity index (χ4v) is 2.01. The van der Waals surface area contributed by atoms with Gasteiger partial charge in [-0.1, -0.05) is 29.8 Å². The normalized spacial score (nSPS) is 11.3. The van der Waals surface area contributed by atoms with Crippen LogP contribution in [0.1, 0.15) is 5.89 Å². The van der Waals surface area contributed by atoms with Crippen molar-refractivity contribution in [3.05, 3.63) is 65.6 Å². The molecule has 0 radical (unpaired) electrons. The summed E-state index contributed by atoms with van der Waals surface area (Å²) >= 11 is 5.91. The van der Waals surface area contributed by atoms with Gasteiger partial charge in [0, 0.05) is 16.9 Å². The molecule has 1 N–H and O–H groups in total. The molecule has 0 fully saturated rings. The van der Waals surface area contributed by atoms with Gasteiger partial charge < -0.3 is 9.73 Å². The maximum Gasteiger partial charge on any atom is 0.239 e. The average Bonchev–Trinajstić information content (AvgIpc) is 2.92. The van der Waals surface area contributed by atoms with Gasteiger partial charge in [-0.15, -0.1) is 0 Å². The van der Waals surface area contributed by atoms with Crippen molar-refractivity contribution in [1.82, 2.24) is 4.98 Å². The van der Waals surface area contributed by atoms with E-state index < -0.39 is 0 Å². The first-order valence-corrected chi connectivity index (χ1v) is 6.62. The third kappa shape index (κ3) is 2.88. The highest BCUT2D eigenvalue weighted by atomic mass is 35.5. The first-order chi connectivity index (χ1) is 10.3. The molecule has 102 valence electrons. The van der Waals surface area contributed by atoms with Crippen LogP contribution in [-0.4, -0.2) is 4.98 Å². The van der Waals surface area contributed by atoms with Crippen molar-refractivity contribution < 1.29 is 4.42 Å². The Morgan fingerprint density at radius 3 is 2.81 bits per heavy atom. The molecule has 3 rings (SSSR count). The molecule has 1 heterocycles. The number of nitrogens with one attached hydrogen (secondary N) is 1. The molecule has 1 aromatic heterocycles. The van der Waals surface area contributed by atoms with Gasteiger partial charge in [0.05, 0.1) is 0 Å². The van der Waals surface area contributed by atoms with Crippen LogP contribution in [0.25, 0.3) is 16.7 Å². The highest BCUT2D eigenvalue weighted by Gasteiger charge is 2.10. The van der Waals surface area contributed by atoms with Gasteiger partial charge in [-0.3, -0.25) is 0 Å². The van der Waals surface area contributed by atoms with E-state index in [9.17, 15) is 5.26 Å². The van der Waals surface area contributed by atoms with Gasteiger partial charge in [-0.05, 0) is 30.3 Å². The van der Waals surface area contributed by atoms with E-state index in [1.54, 1.807) is 24.4 Å². The van der Waals surface area contributed by atoms with E-state index in [0.29, 0.717) is 21.7 Å². The summed E-state index contributed by atoms with van der Waals surface area (Å²) in [6.45, 7) is 0. The topological polar surface area (TPSA) is 61.9 Å². The zero-order valence-corrected chi connectivity index (χ0v) is 11.6. The molecular weight excluding hydrogens is 286 g/mol. The van der Waals surface area contributed by atoms with E-state index in [4.69, 9.17) is 16.0 Å². The van der Waals surface area contributed by atoms with Crippen molar-refractivity contribution >= 4 is 34.0 Å². The molecular formula is C16H10ClN3O. The molecule has 0 bridgehead atoms. The lowest BCUT2D eigenvalue weighted by Gasteiger charge is -1.99. The number of anilines is 1. The van der Waals surface area contributed by atoms with Gasteiger partial charge in [0.2, 0.25) is 5.89 Å². The van der Waals surface area contributed by atoms with Gasteiger partial charge in [-0.2, -0.15) is 5.26 Å². The standard InChI is InChI=1S/C16H10ClN3O/c17-12-6-7-15-14(8-12)20-16(21-15)11(9-18)10-19-13-4-2-1-3-5-13/h1-8,10,19H/b11-10-. The van der Waals surface area contributed by atoms with Crippen molar-refractivity contribution in [1.29, 1.82) is 5.26 Å². The summed E-state index contributed by atoms with van der Waals surface area (Å²) in [5.74, 6) is 0.262. The number of allylic oxidation sites excluding steroid dienone is 1. The largest absolute Gasteiger partial charge is 0.435 e. The van der Waals surface area contributed by atoms with Gasteiger partial charge >= 0.3 is 0 Å². The minimum absolute atomic E-state index is 0.262. The Kier molecular flexibility index (Phi) is 3.59. The molecule has 0 aliphatic heterocycles. The SMILES string of the molecule is N#C/C(=C/Nc1ccccc1)c1nc2cc(Cl)ccc2o1. The monoisotopic (exact) mass is 295 g/mol. The Morgan fingerprint density at radius 1 is 1.24 bits per heavy atom. The summed E-state index contributed by atoms with van der Waals surface area (Å²) in [6.07, 6.45) is 1.57. The molecule has 5 heteroatoms. The number of nitrogens with zero attached hydrogens (tertiary/aromatic N) is 2. The minimum atomic E-state index is 0.262. The van der Waals surface area contributed by atoms with Crippen LogP contribution in [0.2, 0.25) is 5.02 Å². The number of benzene rings is 2. The van der Waals surface area contributed by atoms with Crippen molar-refractivity contribution in [3.63, 3.8) is 0 Å². The summed E-state index contributed by atoms with van der Waals surface area (Å²) in [5, 5.41) is 12.9. The first-order valence-electron chi connectivity index (χ1n) is 6.24. The second-order valence-corrected chi connectivity index (χ2v) is 4.75. The fraction of sp³-hybridized carbons (Fsp3) is 0. The van der Waals surface area contributed by atoms with Crippen LogP contribution in [0.5, 0.6) is 0 Å². The smallest absolute Gasteiger partial charge is 0.239 e. The zero-order valence-electron chi connectivity index (χ0n) is 10.9. The van der Waals surface area contributed by atoms with Gasteiger partial charge in [0.15, 0.2) is 5.58 Å². The average molecular weight is 296 g/mol. The van der Waals surface area contributed by atoms with Crippen molar-refractivity contribution in [2.75, 3.05) is 5.32 Å². The number of nitriles is 1. The Morgan fingerprint density at radius 2 is 2.05 bits per heavy atom. The Balaban J connectivity index is 1.93. The zero-order chi connectivity index (χ0) is 14.7. The Bertz CT molecular complexity index is 847. The summed E-state index contributed by atoms with van der Waals surface area (Å²) in [4.78, 5) is 4.28. The van der Waals surface area contributed by atoms with Crippen LogP contribution in [0.15, 0.2) is 59.1 Å². The lowest BCUT2D eigenvalue weighted by molar-refractivity contribution is 0.586. The molecule has 21 heavy (non-hydrogen) atoms. The van der Waals surface area contributed by atoms with Crippen LogP contribution in [0.3, 0.4) is 0 Å². The number of fused-ring (bicyclic) bond motifs is 1. The molecule has 0 aliphatic carbocycles. The van der Waals surface area contributed by atoms with E-state index in [-0.39, 0.29) is 5.89 Å². The second kappa shape index (κ2) is 5.70. The predicted molar refractivity (Wildman–Crippen MR) is 82.7 cm³/mol. The van der Waals surface area contributed by atoms with Crippen molar-refractivity contribution in [3.8, 4) is 6.07 Å². The van der Waals surface area contributed by atoms with E-state index >= 15 is 0 Å². The molecule has 0 saturated heterocycles. The predicted octanol–water partition coefficient (Wildman–Crippen LogP) is 4.46. The van der Waals surface area contributed by atoms with E-state index in [0.717, 1.165) is 5.69 Å². The van der Waals surface area contributed by atoms with Gasteiger partial charge in [0.25, 0.3) is 0 Å². The highest BCUT2D eigenvalue weighted by Crippen LogP contribution is 2.23. The summed E-state index contributed by atoms with van der Waals surface area (Å²) < 4.78 is 5.56. The van der Waals surface area contributed by atoms with Crippen LogP contribution in [0, 0.1) is 11.3 Å². The number of oxazole rings is 1. The van der Waals surface area contributed by atoms with Crippen molar-refractivity contribution in [2.24, 2.45) is 0 Å². The maximum atomic E-state index is 9.25. The Hall–Kier alpha value is -2.77. The molecule has 0 saturated carbocycles. The van der Waals surface area contributed by atoms with Gasteiger partial charge in [-0.25, -0.2) is 4.98 Å². The lowest BCUT2D eigenvalue weighted by Crippen LogP contribution is -1.90. The summed E-state index contributed by atoms with van der Waals surface area (Å²) in [6, 6.07) is 16.8. The number of halogens is 1. The molecule has 2 aromatic carbocycles. The maximum absolute atomic E-state index is 9.25. The lowest BCUT2D eigenvalue weighted by atomic mass is 10.3. The molecule has 0 atom stereocenters. The highest BCUT2D eigenvalue weighted by molar-refractivity contribution is 6.31. The molecule has 4 nitrogen and oxygen atoms in total. The molecule has 0 amide bonds. The summed E-state index contributed by atoms with van der Waals surface area (Å²) in [5.41, 5.74) is 2.41. The molecule has 0 aliphatic rings. The van der Waals surface area contributed by atoms with Crippen LogP contribution >= 0.6 is 11.6 Å². The van der Waals surface area contributed by atoms with E-state index in [1.807, 2.05) is 30.3 Å². The van der Waals surface area contributed by atoms with Gasteiger partial charge in [0.1, 0.15) is 17.2 Å². The minimum Gasteiger partial charge on any atom is -0.435 e. The van der Waals surface area contributed by atoms with E-state index in [2.05, 4.69) is 16.4 Å². The van der Waals surface area contributed by atoms with Crippen LogP contribution < -0.4 is 5.32 Å². The Labute approximate surface area is 126 Å². The third-order valence-electron chi connectivity index (χ3n) is 2.86. The third-order valence-corrected chi connectivity index (χ3v) is 3.09. The second-order valence-electron chi connectivity index (χ2n) is 4.31. The molecule has 3 aromatic rings. The van der Waals surface area contributed by atoms with Crippen LogP contribution in [0.4, 0.5) is 5.69 Å². The molecule has 0 unspecified atom stereocenters. The number of hydrogen-bond donors (Lipinski definition) is 1. The quantitative estimate of drug-likeness (QED) is 0.725. The molecule has 0 spiro atoms. The number of aromatic nitrogens is 1. The van der Waals surface area contributed by atoms with E-state index in [1.165, 1.54) is 0 Å².